The molecule has 0 bridgehead atoms. The first-order valence-corrected chi connectivity index (χ1v) is 7.71. The van der Waals surface area contributed by atoms with Crippen molar-refractivity contribution in [1.82, 2.24) is 4.90 Å². The van der Waals surface area contributed by atoms with E-state index in [1.165, 1.54) is 11.3 Å². The first-order chi connectivity index (χ1) is 9.76. The maximum absolute atomic E-state index is 12.5. The molecule has 108 valence electrons. The number of rotatable bonds is 4. The number of likely N-dealkylation sites (tertiary alicyclic amines) is 1. The van der Waals surface area contributed by atoms with Gasteiger partial charge in [0.1, 0.15) is 4.88 Å². The van der Waals surface area contributed by atoms with Crippen molar-refractivity contribution >= 4 is 17.2 Å². The Morgan fingerprint density at radius 2 is 2.30 bits per heavy atom. The molecule has 1 aliphatic rings. The lowest BCUT2D eigenvalue weighted by Gasteiger charge is -2.15. The van der Waals surface area contributed by atoms with E-state index in [1.54, 1.807) is 0 Å². The minimum absolute atomic E-state index is 0.0359. The van der Waals surface area contributed by atoms with Crippen LogP contribution >= 0.6 is 11.3 Å². The molecule has 0 saturated carbocycles. The standard InChI is InChI=1S/C15H19NO3S/c17-8-2-1-3-13-6-10-20-14(13)15(19)16-7-4-12(11-16)5-9-18/h6,10,12,17-18H,2,4-5,7-9,11H2. The second kappa shape index (κ2) is 7.44. The van der Waals surface area contributed by atoms with Crippen LogP contribution in [0, 0.1) is 17.8 Å². The van der Waals surface area contributed by atoms with Gasteiger partial charge in [0.25, 0.3) is 5.91 Å². The van der Waals surface area contributed by atoms with E-state index >= 15 is 0 Å². The maximum atomic E-state index is 12.5. The maximum Gasteiger partial charge on any atom is 0.265 e. The summed E-state index contributed by atoms with van der Waals surface area (Å²) in [6.07, 6.45) is 2.15. The highest BCUT2D eigenvalue weighted by atomic mass is 32.1. The molecule has 5 heteroatoms. The summed E-state index contributed by atoms with van der Waals surface area (Å²) in [5, 5.41) is 19.6. The molecule has 0 spiro atoms. The molecule has 20 heavy (non-hydrogen) atoms. The topological polar surface area (TPSA) is 60.8 Å². The van der Waals surface area contributed by atoms with Crippen molar-refractivity contribution in [3.8, 4) is 11.8 Å². The molecule has 1 unspecified atom stereocenters. The van der Waals surface area contributed by atoms with Gasteiger partial charge in [0.15, 0.2) is 0 Å². The summed E-state index contributed by atoms with van der Waals surface area (Å²) in [6.45, 7) is 1.70. The Morgan fingerprint density at radius 1 is 1.45 bits per heavy atom. The normalized spacial score (nSPS) is 17.9. The van der Waals surface area contributed by atoms with Crippen LogP contribution in [0.2, 0.25) is 0 Å². The van der Waals surface area contributed by atoms with Crippen LogP contribution in [0.15, 0.2) is 11.4 Å². The van der Waals surface area contributed by atoms with Crippen LogP contribution in [0.3, 0.4) is 0 Å². The van der Waals surface area contributed by atoms with Crippen molar-refractivity contribution in [1.29, 1.82) is 0 Å². The van der Waals surface area contributed by atoms with Crippen molar-refractivity contribution in [3.63, 3.8) is 0 Å². The lowest BCUT2D eigenvalue weighted by atomic mass is 10.1. The van der Waals surface area contributed by atoms with Gasteiger partial charge in [-0.2, -0.15) is 0 Å². The highest BCUT2D eigenvalue weighted by molar-refractivity contribution is 7.12. The fourth-order valence-electron chi connectivity index (χ4n) is 2.37. The number of aliphatic hydroxyl groups excluding tert-OH is 2. The van der Waals surface area contributed by atoms with Gasteiger partial charge >= 0.3 is 0 Å². The van der Waals surface area contributed by atoms with Crippen LogP contribution in [0.1, 0.15) is 34.5 Å². The largest absolute Gasteiger partial charge is 0.396 e. The van der Waals surface area contributed by atoms with E-state index in [2.05, 4.69) is 11.8 Å². The summed E-state index contributed by atoms with van der Waals surface area (Å²) < 4.78 is 0. The van der Waals surface area contributed by atoms with Crippen LogP contribution in [0.25, 0.3) is 0 Å². The SMILES string of the molecule is O=C(c1sccc1C#CCCO)N1CCC(CCO)C1. The van der Waals surface area contributed by atoms with Crippen LogP contribution in [-0.2, 0) is 0 Å². The molecular formula is C15H19NO3S. The van der Waals surface area contributed by atoms with Gasteiger partial charge in [0, 0.05) is 31.7 Å². The molecule has 4 nitrogen and oxygen atoms in total. The number of hydrogen-bond acceptors (Lipinski definition) is 4. The molecule has 1 atom stereocenters. The Kier molecular flexibility index (Phi) is 5.60. The van der Waals surface area contributed by atoms with E-state index in [9.17, 15) is 4.79 Å². The van der Waals surface area contributed by atoms with E-state index in [0.717, 1.165) is 31.5 Å². The predicted octanol–water partition coefficient (Wildman–Crippen LogP) is 1.33. The minimum Gasteiger partial charge on any atom is -0.396 e. The molecule has 1 fully saturated rings. The first kappa shape index (κ1) is 15.0. The second-order valence-corrected chi connectivity index (χ2v) is 5.77. The zero-order valence-corrected chi connectivity index (χ0v) is 12.2. The summed E-state index contributed by atoms with van der Waals surface area (Å²) in [7, 11) is 0. The van der Waals surface area contributed by atoms with Gasteiger partial charge in [-0.1, -0.05) is 11.8 Å². The third-order valence-electron chi connectivity index (χ3n) is 3.43. The molecule has 1 saturated heterocycles. The number of carbonyl (C=O) groups is 1. The fourth-order valence-corrected chi connectivity index (χ4v) is 3.18. The van der Waals surface area contributed by atoms with Gasteiger partial charge < -0.3 is 15.1 Å². The van der Waals surface area contributed by atoms with Gasteiger partial charge in [-0.25, -0.2) is 0 Å². The van der Waals surface area contributed by atoms with Crippen LogP contribution in [0.4, 0.5) is 0 Å². The number of nitrogens with zero attached hydrogens (tertiary/aromatic N) is 1. The summed E-state index contributed by atoms with van der Waals surface area (Å²) >= 11 is 1.41. The second-order valence-electron chi connectivity index (χ2n) is 4.86. The van der Waals surface area contributed by atoms with Gasteiger partial charge in [-0.05, 0) is 30.2 Å². The zero-order valence-electron chi connectivity index (χ0n) is 11.3. The summed E-state index contributed by atoms with van der Waals surface area (Å²) in [5.41, 5.74) is 0.749. The molecule has 1 aromatic heterocycles. The monoisotopic (exact) mass is 293 g/mol. The molecule has 0 aliphatic carbocycles. The van der Waals surface area contributed by atoms with Gasteiger partial charge in [-0.3, -0.25) is 4.79 Å². The Balaban J connectivity index is 2.04. The average Bonchev–Trinajstić information content (AvgIpc) is 3.08. The minimum atomic E-state index is 0.0359. The Labute approximate surface area is 123 Å². The highest BCUT2D eigenvalue weighted by Crippen LogP contribution is 2.24. The van der Waals surface area contributed by atoms with E-state index in [1.807, 2.05) is 16.3 Å². The van der Waals surface area contributed by atoms with E-state index < -0.39 is 0 Å². The van der Waals surface area contributed by atoms with E-state index in [0.29, 0.717) is 17.2 Å². The number of aliphatic hydroxyl groups is 2. The molecule has 1 aromatic rings. The lowest BCUT2D eigenvalue weighted by molar-refractivity contribution is 0.0789. The molecule has 0 aromatic carbocycles. The van der Waals surface area contributed by atoms with E-state index in [-0.39, 0.29) is 19.1 Å². The van der Waals surface area contributed by atoms with Crippen LogP contribution in [0.5, 0.6) is 0 Å². The van der Waals surface area contributed by atoms with Crippen molar-refractivity contribution < 1.29 is 15.0 Å². The summed E-state index contributed by atoms with van der Waals surface area (Å²) in [5.74, 6) is 6.25. The van der Waals surface area contributed by atoms with E-state index in [4.69, 9.17) is 10.2 Å². The zero-order chi connectivity index (χ0) is 14.4. The molecule has 1 amide bonds. The first-order valence-electron chi connectivity index (χ1n) is 6.83. The number of amides is 1. The lowest BCUT2D eigenvalue weighted by Crippen LogP contribution is -2.28. The quantitative estimate of drug-likeness (QED) is 0.823. The Hall–Kier alpha value is -1.35. The fraction of sp³-hybridized carbons (Fsp3) is 0.533. The third-order valence-corrected chi connectivity index (χ3v) is 4.33. The molecule has 1 aliphatic heterocycles. The van der Waals surface area contributed by atoms with Gasteiger partial charge in [0.05, 0.1) is 6.61 Å². The average molecular weight is 293 g/mol. The molecule has 2 N–H and O–H groups in total. The summed E-state index contributed by atoms with van der Waals surface area (Å²) in [6, 6.07) is 1.85. The van der Waals surface area contributed by atoms with Gasteiger partial charge in [-0.15, -0.1) is 11.3 Å². The van der Waals surface area contributed by atoms with Crippen molar-refractivity contribution in [2.75, 3.05) is 26.3 Å². The third kappa shape index (κ3) is 3.60. The van der Waals surface area contributed by atoms with Crippen LogP contribution in [-0.4, -0.2) is 47.3 Å². The number of carbonyl (C=O) groups excluding carboxylic acids is 1. The highest BCUT2D eigenvalue weighted by Gasteiger charge is 2.28. The molecule has 0 radical (unpaired) electrons. The van der Waals surface area contributed by atoms with Gasteiger partial charge in [0.2, 0.25) is 0 Å². The summed E-state index contributed by atoms with van der Waals surface area (Å²) in [4.78, 5) is 15.0. The van der Waals surface area contributed by atoms with Crippen molar-refractivity contribution in [2.24, 2.45) is 5.92 Å². The molecular weight excluding hydrogens is 274 g/mol. The molecule has 2 rings (SSSR count). The number of hydrogen-bond donors (Lipinski definition) is 2. The van der Waals surface area contributed by atoms with Crippen molar-refractivity contribution in [2.45, 2.75) is 19.3 Å². The number of thiophene rings is 1. The van der Waals surface area contributed by atoms with Crippen LogP contribution < -0.4 is 0 Å². The molecule has 2 heterocycles. The smallest absolute Gasteiger partial charge is 0.265 e. The Bertz CT molecular complexity index is 515. The Morgan fingerprint density at radius 3 is 3.05 bits per heavy atom. The van der Waals surface area contributed by atoms with Crippen molar-refractivity contribution in [3.05, 3.63) is 21.9 Å². The predicted molar refractivity (Wildman–Crippen MR) is 78.6 cm³/mol.